The summed E-state index contributed by atoms with van der Waals surface area (Å²) in [6, 6.07) is 15.0. The lowest BCUT2D eigenvalue weighted by atomic mass is 10.2. The number of aromatic nitrogens is 2. The Morgan fingerprint density at radius 1 is 1.14 bits per heavy atom. The molecular formula is C22H26N4O2S. The molecule has 1 aromatic heterocycles. The van der Waals surface area contributed by atoms with Gasteiger partial charge in [0.25, 0.3) is 5.56 Å². The van der Waals surface area contributed by atoms with Crippen molar-refractivity contribution < 1.29 is 4.79 Å². The van der Waals surface area contributed by atoms with Crippen LogP contribution < -0.4 is 10.9 Å². The van der Waals surface area contributed by atoms with E-state index in [0.29, 0.717) is 22.6 Å². The predicted octanol–water partition coefficient (Wildman–Crippen LogP) is 3.39. The second-order valence-electron chi connectivity index (χ2n) is 7.18. The van der Waals surface area contributed by atoms with E-state index in [9.17, 15) is 9.59 Å². The number of hydrogen-bond donors (Lipinski definition) is 1. The van der Waals surface area contributed by atoms with E-state index in [1.807, 2.05) is 63.5 Å². The van der Waals surface area contributed by atoms with E-state index in [4.69, 9.17) is 0 Å². The third kappa shape index (κ3) is 5.46. The number of rotatable bonds is 8. The molecule has 0 saturated carbocycles. The van der Waals surface area contributed by atoms with E-state index in [1.54, 1.807) is 10.6 Å². The Bertz CT molecular complexity index is 1060. The molecule has 7 heteroatoms. The summed E-state index contributed by atoms with van der Waals surface area (Å²) in [6.45, 7) is 3.39. The minimum atomic E-state index is -0.119. The Labute approximate surface area is 174 Å². The van der Waals surface area contributed by atoms with E-state index < -0.39 is 0 Å². The fourth-order valence-corrected chi connectivity index (χ4v) is 3.85. The van der Waals surface area contributed by atoms with Crippen molar-refractivity contribution in [1.82, 2.24) is 14.5 Å². The molecule has 3 aromatic rings. The Balaban J connectivity index is 1.80. The van der Waals surface area contributed by atoms with Gasteiger partial charge < -0.3 is 10.2 Å². The number of carbonyl (C=O) groups excluding carboxylic acids is 1. The number of anilines is 1. The van der Waals surface area contributed by atoms with Crippen molar-refractivity contribution in [2.24, 2.45) is 0 Å². The molecule has 0 aliphatic heterocycles. The van der Waals surface area contributed by atoms with Crippen LogP contribution in [0.25, 0.3) is 10.9 Å². The van der Waals surface area contributed by atoms with Crippen LogP contribution in [0.4, 0.5) is 5.69 Å². The number of para-hydroxylation sites is 2. The van der Waals surface area contributed by atoms with Gasteiger partial charge in [-0.05, 0) is 57.7 Å². The van der Waals surface area contributed by atoms with Gasteiger partial charge >= 0.3 is 0 Å². The zero-order chi connectivity index (χ0) is 20.8. The van der Waals surface area contributed by atoms with Crippen LogP contribution in [0.2, 0.25) is 0 Å². The fourth-order valence-electron chi connectivity index (χ4n) is 3.03. The van der Waals surface area contributed by atoms with Gasteiger partial charge in [0.15, 0.2) is 5.16 Å². The van der Waals surface area contributed by atoms with Gasteiger partial charge in [0.05, 0.1) is 16.7 Å². The van der Waals surface area contributed by atoms with Gasteiger partial charge in [-0.2, -0.15) is 0 Å². The summed E-state index contributed by atoms with van der Waals surface area (Å²) in [5.41, 5.74) is 2.41. The van der Waals surface area contributed by atoms with Gasteiger partial charge in [0.1, 0.15) is 0 Å². The zero-order valence-electron chi connectivity index (χ0n) is 17.0. The number of nitrogens with zero attached hydrogens (tertiary/aromatic N) is 3. The molecule has 1 amide bonds. The summed E-state index contributed by atoms with van der Waals surface area (Å²) in [4.78, 5) is 32.2. The van der Waals surface area contributed by atoms with Crippen LogP contribution in [-0.2, 0) is 11.3 Å². The number of aryl methyl sites for hydroxylation is 1. The minimum Gasteiger partial charge on any atom is -0.325 e. The van der Waals surface area contributed by atoms with Crippen molar-refractivity contribution in [2.75, 3.05) is 31.7 Å². The van der Waals surface area contributed by atoms with Crippen molar-refractivity contribution in [2.45, 2.75) is 25.0 Å². The molecule has 1 N–H and O–H groups in total. The van der Waals surface area contributed by atoms with Crippen LogP contribution in [0.3, 0.4) is 0 Å². The molecule has 29 heavy (non-hydrogen) atoms. The van der Waals surface area contributed by atoms with Crippen LogP contribution in [0, 0.1) is 6.92 Å². The van der Waals surface area contributed by atoms with Crippen LogP contribution >= 0.6 is 11.8 Å². The van der Waals surface area contributed by atoms with Crippen LogP contribution in [0.15, 0.2) is 58.5 Å². The van der Waals surface area contributed by atoms with E-state index in [0.717, 1.165) is 24.2 Å². The molecule has 0 spiro atoms. The number of benzene rings is 2. The normalized spacial score (nSPS) is 11.2. The first-order valence-electron chi connectivity index (χ1n) is 9.58. The number of hydrogen-bond acceptors (Lipinski definition) is 5. The monoisotopic (exact) mass is 410 g/mol. The maximum absolute atomic E-state index is 13.0. The fraction of sp³-hybridized carbons (Fsp3) is 0.318. The highest BCUT2D eigenvalue weighted by Crippen LogP contribution is 2.19. The highest BCUT2D eigenvalue weighted by Gasteiger charge is 2.13. The molecule has 0 fully saturated rings. The SMILES string of the molecule is Cc1ccccc1NC(=O)CSc1nc2ccccc2c(=O)n1CCCN(C)C. The molecule has 0 atom stereocenters. The summed E-state index contributed by atoms with van der Waals surface area (Å²) in [6.07, 6.45) is 0.829. The van der Waals surface area contributed by atoms with Crippen molar-refractivity contribution in [3.05, 3.63) is 64.4 Å². The summed E-state index contributed by atoms with van der Waals surface area (Å²) in [5, 5.41) is 4.11. The van der Waals surface area contributed by atoms with Crippen molar-refractivity contribution >= 4 is 34.3 Å². The largest absolute Gasteiger partial charge is 0.325 e. The first kappa shape index (κ1) is 21.1. The Kier molecular flexibility index (Phi) is 7.06. The quantitative estimate of drug-likeness (QED) is 0.455. The van der Waals surface area contributed by atoms with E-state index in [1.165, 1.54) is 11.8 Å². The minimum absolute atomic E-state index is 0.0591. The number of carbonyl (C=O) groups is 1. The molecule has 0 aliphatic rings. The second-order valence-corrected chi connectivity index (χ2v) is 8.12. The van der Waals surface area contributed by atoms with Gasteiger partial charge in [0, 0.05) is 12.2 Å². The number of nitrogens with one attached hydrogen (secondary N) is 1. The smallest absolute Gasteiger partial charge is 0.262 e. The highest BCUT2D eigenvalue weighted by molar-refractivity contribution is 7.99. The average molecular weight is 411 g/mol. The van der Waals surface area contributed by atoms with Gasteiger partial charge in [-0.3, -0.25) is 14.2 Å². The lowest BCUT2D eigenvalue weighted by Crippen LogP contribution is -2.26. The molecule has 0 aliphatic carbocycles. The summed E-state index contributed by atoms with van der Waals surface area (Å²) < 4.78 is 1.69. The number of amides is 1. The molecule has 0 saturated heterocycles. The first-order chi connectivity index (χ1) is 14.0. The Morgan fingerprint density at radius 2 is 1.86 bits per heavy atom. The summed E-state index contributed by atoms with van der Waals surface area (Å²) >= 11 is 1.29. The molecule has 0 bridgehead atoms. The maximum Gasteiger partial charge on any atom is 0.262 e. The zero-order valence-corrected chi connectivity index (χ0v) is 17.8. The van der Waals surface area contributed by atoms with Crippen molar-refractivity contribution in [3.63, 3.8) is 0 Å². The topological polar surface area (TPSA) is 67.2 Å². The van der Waals surface area contributed by atoms with Crippen LogP contribution in [0.5, 0.6) is 0 Å². The first-order valence-corrected chi connectivity index (χ1v) is 10.6. The van der Waals surface area contributed by atoms with Gasteiger partial charge in [-0.1, -0.05) is 42.1 Å². The van der Waals surface area contributed by atoms with Crippen molar-refractivity contribution in [1.29, 1.82) is 0 Å². The van der Waals surface area contributed by atoms with Gasteiger partial charge in [0.2, 0.25) is 5.91 Å². The van der Waals surface area contributed by atoms with Crippen LogP contribution in [0.1, 0.15) is 12.0 Å². The maximum atomic E-state index is 13.0. The Morgan fingerprint density at radius 3 is 2.62 bits per heavy atom. The molecule has 2 aromatic carbocycles. The number of thioether (sulfide) groups is 1. The molecule has 3 rings (SSSR count). The lowest BCUT2D eigenvalue weighted by Gasteiger charge is -2.15. The Hall–Kier alpha value is -2.64. The highest BCUT2D eigenvalue weighted by atomic mass is 32.2. The molecule has 1 heterocycles. The molecule has 0 radical (unpaired) electrons. The van der Waals surface area contributed by atoms with E-state index >= 15 is 0 Å². The standard InChI is InChI=1S/C22H26N4O2S/c1-16-9-4-6-11-18(16)23-20(27)15-29-22-24-19-12-7-5-10-17(19)21(28)26(22)14-8-13-25(2)3/h4-7,9-12H,8,13-15H2,1-3H3,(H,23,27). The molecule has 152 valence electrons. The second kappa shape index (κ2) is 9.71. The molecular weight excluding hydrogens is 384 g/mol. The average Bonchev–Trinajstić information content (AvgIpc) is 2.70. The molecule has 6 nitrogen and oxygen atoms in total. The third-order valence-electron chi connectivity index (χ3n) is 4.57. The van der Waals surface area contributed by atoms with Gasteiger partial charge in [-0.15, -0.1) is 0 Å². The summed E-state index contributed by atoms with van der Waals surface area (Å²) in [7, 11) is 4.01. The molecule has 0 unspecified atom stereocenters. The van der Waals surface area contributed by atoms with Gasteiger partial charge in [-0.25, -0.2) is 4.98 Å². The van der Waals surface area contributed by atoms with E-state index in [-0.39, 0.29) is 17.2 Å². The van der Waals surface area contributed by atoms with Crippen LogP contribution in [-0.4, -0.2) is 46.8 Å². The summed E-state index contributed by atoms with van der Waals surface area (Å²) in [5.74, 6) is 0.0684. The van der Waals surface area contributed by atoms with E-state index in [2.05, 4.69) is 15.2 Å². The number of fused-ring (bicyclic) bond motifs is 1. The third-order valence-corrected chi connectivity index (χ3v) is 5.54. The van der Waals surface area contributed by atoms with Crippen molar-refractivity contribution in [3.8, 4) is 0 Å². The lowest BCUT2D eigenvalue weighted by molar-refractivity contribution is -0.113. The predicted molar refractivity (Wildman–Crippen MR) is 120 cm³/mol.